The predicted octanol–water partition coefficient (Wildman–Crippen LogP) is 3.14. The summed E-state index contributed by atoms with van der Waals surface area (Å²) in [6.07, 6.45) is 2.14. The number of hydrogen-bond donors (Lipinski definition) is 1. The Kier molecular flexibility index (Phi) is 4.04. The van der Waals surface area contributed by atoms with Gasteiger partial charge in [0.2, 0.25) is 5.89 Å². The van der Waals surface area contributed by atoms with Gasteiger partial charge < -0.3 is 9.32 Å². The van der Waals surface area contributed by atoms with E-state index in [9.17, 15) is 9.18 Å². The Morgan fingerprint density at radius 2 is 2.14 bits per heavy atom. The quantitative estimate of drug-likeness (QED) is 0.925. The lowest BCUT2D eigenvalue weighted by atomic mass is 10.0. The zero-order valence-electron chi connectivity index (χ0n) is 12.3. The number of benzene rings is 1. The topological polar surface area (TPSA) is 71.3 Å². The van der Waals surface area contributed by atoms with Gasteiger partial charge in [0.15, 0.2) is 0 Å². The Hall–Kier alpha value is -2.44. The molecule has 7 heteroatoms. The van der Waals surface area contributed by atoms with Crippen molar-refractivity contribution in [2.45, 2.75) is 19.8 Å². The van der Waals surface area contributed by atoms with E-state index in [1.807, 2.05) is 0 Å². The molecule has 6 nitrogen and oxygen atoms in total. The Bertz CT molecular complexity index is 656. The number of piperidine rings is 1. The van der Waals surface area contributed by atoms with Gasteiger partial charge in [-0.3, -0.25) is 5.32 Å². The highest BCUT2D eigenvalue weighted by atomic mass is 19.1. The summed E-state index contributed by atoms with van der Waals surface area (Å²) in [7, 11) is 0. The first kappa shape index (κ1) is 14.5. The molecule has 2 aromatic rings. The summed E-state index contributed by atoms with van der Waals surface area (Å²) >= 11 is 0. The molecule has 0 saturated carbocycles. The number of halogens is 1. The van der Waals surface area contributed by atoms with Crippen molar-refractivity contribution in [1.82, 2.24) is 15.1 Å². The van der Waals surface area contributed by atoms with E-state index in [-0.39, 0.29) is 23.8 Å². The van der Waals surface area contributed by atoms with E-state index in [1.165, 1.54) is 12.1 Å². The summed E-state index contributed by atoms with van der Waals surface area (Å²) in [6.45, 7) is 3.58. The van der Waals surface area contributed by atoms with Crippen molar-refractivity contribution in [3.05, 3.63) is 30.1 Å². The van der Waals surface area contributed by atoms with Gasteiger partial charge in [-0.2, -0.15) is 0 Å². The third-order valence-electron chi connectivity index (χ3n) is 3.67. The van der Waals surface area contributed by atoms with Crippen LogP contribution in [0.15, 0.2) is 28.7 Å². The smallest absolute Gasteiger partial charge is 0.325 e. The number of hydrogen-bond acceptors (Lipinski definition) is 4. The lowest BCUT2D eigenvalue weighted by molar-refractivity contribution is 0.181. The number of amides is 2. The molecule has 0 aliphatic carbocycles. The van der Waals surface area contributed by atoms with Crippen LogP contribution in [0, 0.1) is 11.7 Å². The maximum Gasteiger partial charge on any atom is 0.325 e. The number of carbonyl (C=O) groups excluding carboxylic acids is 1. The van der Waals surface area contributed by atoms with Crippen molar-refractivity contribution in [3.63, 3.8) is 0 Å². The van der Waals surface area contributed by atoms with Crippen LogP contribution in [0.2, 0.25) is 0 Å². The lowest BCUT2D eigenvalue weighted by Gasteiger charge is -2.30. The highest BCUT2D eigenvalue weighted by Gasteiger charge is 2.22. The van der Waals surface area contributed by atoms with Crippen molar-refractivity contribution >= 4 is 12.0 Å². The average Bonchev–Trinajstić information content (AvgIpc) is 2.96. The van der Waals surface area contributed by atoms with Crippen LogP contribution in [0.5, 0.6) is 0 Å². The summed E-state index contributed by atoms with van der Waals surface area (Å²) in [6, 6.07) is 5.52. The molecule has 1 fully saturated rings. The number of nitrogens with one attached hydrogen (secondary N) is 1. The molecule has 3 rings (SSSR count). The van der Waals surface area contributed by atoms with Gasteiger partial charge in [-0.25, -0.2) is 9.18 Å². The fourth-order valence-electron chi connectivity index (χ4n) is 2.53. The van der Waals surface area contributed by atoms with Gasteiger partial charge >= 0.3 is 12.0 Å². The average molecular weight is 304 g/mol. The molecule has 1 unspecified atom stereocenters. The molecule has 0 spiro atoms. The minimum absolute atomic E-state index is 0.0440. The molecule has 0 bridgehead atoms. The van der Waals surface area contributed by atoms with Gasteiger partial charge in [-0.05, 0) is 43.0 Å². The second-order valence-corrected chi connectivity index (χ2v) is 5.54. The van der Waals surface area contributed by atoms with Gasteiger partial charge in [0.05, 0.1) is 0 Å². The molecular weight excluding hydrogens is 287 g/mol. The standard InChI is InChI=1S/C15H17FN4O2/c1-10-3-2-8-20(9-10)15(21)17-14-19-18-13(22-14)11-4-6-12(16)7-5-11/h4-7,10H,2-3,8-9H2,1H3,(H,17,19,21). The largest absolute Gasteiger partial charge is 0.403 e. The van der Waals surface area contributed by atoms with Gasteiger partial charge in [0.25, 0.3) is 0 Å². The monoisotopic (exact) mass is 304 g/mol. The summed E-state index contributed by atoms with van der Waals surface area (Å²) in [5.74, 6) is 0.398. The number of aromatic nitrogens is 2. The summed E-state index contributed by atoms with van der Waals surface area (Å²) in [4.78, 5) is 13.9. The Morgan fingerprint density at radius 3 is 2.86 bits per heavy atom. The summed E-state index contributed by atoms with van der Waals surface area (Å²) < 4.78 is 18.3. The van der Waals surface area contributed by atoms with Gasteiger partial charge in [-0.1, -0.05) is 12.0 Å². The van der Waals surface area contributed by atoms with E-state index in [0.717, 1.165) is 25.9 Å². The van der Waals surface area contributed by atoms with E-state index in [2.05, 4.69) is 22.4 Å². The molecule has 1 aromatic heterocycles. The van der Waals surface area contributed by atoms with Crippen molar-refractivity contribution in [2.24, 2.45) is 5.92 Å². The van der Waals surface area contributed by atoms with Gasteiger partial charge in [0, 0.05) is 18.7 Å². The molecular formula is C15H17FN4O2. The second kappa shape index (κ2) is 6.13. The first-order valence-electron chi connectivity index (χ1n) is 7.27. The van der Waals surface area contributed by atoms with Crippen LogP contribution in [0.25, 0.3) is 11.5 Å². The Balaban J connectivity index is 1.66. The molecule has 1 N–H and O–H groups in total. The maximum absolute atomic E-state index is 12.9. The number of urea groups is 1. The van der Waals surface area contributed by atoms with E-state index in [0.29, 0.717) is 11.5 Å². The van der Waals surface area contributed by atoms with Crippen LogP contribution in [-0.2, 0) is 0 Å². The minimum atomic E-state index is -0.337. The molecule has 2 amide bonds. The first-order valence-corrected chi connectivity index (χ1v) is 7.27. The van der Waals surface area contributed by atoms with E-state index in [1.54, 1.807) is 17.0 Å². The van der Waals surface area contributed by atoms with Gasteiger partial charge in [-0.15, -0.1) is 5.10 Å². The normalized spacial score (nSPS) is 18.3. The predicted molar refractivity (Wildman–Crippen MR) is 78.7 cm³/mol. The van der Waals surface area contributed by atoms with Crippen molar-refractivity contribution < 1.29 is 13.6 Å². The Morgan fingerprint density at radius 1 is 1.36 bits per heavy atom. The maximum atomic E-state index is 12.9. The van der Waals surface area contributed by atoms with Crippen LogP contribution in [0.3, 0.4) is 0 Å². The summed E-state index contributed by atoms with van der Waals surface area (Å²) in [5, 5.41) is 10.3. The van der Waals surface area contributed by atoms with Crippen LogP contribution >= 0.6 is 0 Å². The van der Waals surface area contributed by atoms with Crippen molar-refractivity contribution in [2.75, 3.05) is 18.4 Å². The van der Waals surface area contributed by atoms with Crippen LogP contribution in [0.4, 0.5) is 15.2 Å². The highest BCUT2D eigenvalue weighted by Crippen LogP contribution is 2.21. The number of rotatable bonds is 2. The molecule has 2 heterocycles. The second-order valence-electron chi connectivity index (χ2n) is 5.54. The molecule has 22 heavy (non-hydrogen) atoms. The molecule has 1 atom stereocenters. The van der Waals surface area contributed by atoms with Crippen LogP contribution in [-0.4, -0.2) is 34.2 Å². The molecule has 0 radical (unpaired) electrons. The molecule has 1 aromatic carbocycles. The number of nitrogens with zero attached hydrogens (tertiary/aromatic N) is 3. The fourth-order valence-corrected chi connectivity index (χ4v) is 2.53. The molecule has 1 aliphatic heterocycles. The zero-order valence-corrected chi connectivity index (χ0v) is 12.3. The molecule has 116 valence electrons. The van der Waals surface area contributed by atoms with Gasteiger partial charge in [0.1, 0.15) is 5.82 Å². The highest BCUT2D eigenvalue weighted by molar-refractivity contribution is 5.87. The zero-order chi connectivity index (χ0) is 15.5. The SMILES string of the molecule is CC1CCCN(C(=O)Nc2nnc(-c3ccc(F)cc3)o2)C1. The molecule has 1 aliphatic rings. The van der Waals surface area contributed by atoms with Crippen LogP contribution < -0.4 is 5.32 Å². The van der Waals surface area contributed by atoms with E-state index >= 15 is 0 Å². The minimum Gasteiger partial charge on any atom is -0.403 e. The summed E-state index contributed by atoms with van der Waals surface area (Å²) in [5.41, 5.74) is 0.598. The van der Waals surface area contributed by atoms with Crippen molar-refractivity contribution in [1.29, 1.82) is 0 Å². The van der Waals surface area contributed by atoms with E-state index in [4.69, 9.17) is 4.42 Å². The molecule has 1 saturated heterocycles. The number of likely N-dealkylation sites (tertiary alicyclic amines) is 1. The van der Waals surface area contributed by atoms with E-state index < -0.39 is 0 Å². The Labute approximate surface area is 127 Å². The third kappa shape index (κ3) is 3.24. The van der Waals surface area contributed by atoms with Crippen LogP contribution in [0.1, 0.15) is 19.8 Å². The lowest BCUT2D eigenvalue weighted by Crippen LogP contribution is -2.41. The fraction of sp³-hybridized carbons (Fsp3) is 0.400. The number of anilines is 1. The third-order valence-corrected chi connectivity index (χ3v) is 3.67. The van der Waals surface area contributed by atoms with Crippen molar-refractivity contribution in [3.8, 4) is 11.5 Å². The number of carbonyl (C=O) groups is 1. The first-order chi connectivity index (χ1) is 10.6.